The van der Waals surface area contributed by atoms with Crippen molar-refractivity contribution >= 4 is 11.6 Å². The first-order valence-corrected chi connectivity index (χ1v) is 7.00. The molecular weight excluding hydrogens is 264 g/mol. The van der Waals surface area contributed by atoms with E-state index in [2.05, 4.69) is 40.2 Å². The van der Waals surface area contributed by atoms with Gasteiger partial charge in [0.2, 0.25) is 0 Å². The van der Waals surface area contributed by atoms with E-state index in [0.29, 0.717) is 17.8 Å². The SMILES string of the molecule is Cc1cccc([C@H]2CC(=O)c3cn4ncnc4nc3C2)c1. The molecule has 1 aliphatic rings. The lowest BCUT2D eigenvalue weighted by molar-refractivity contribution is 0.0962. The van der Waals surface area contributed by atoms with Crippen molar-refractivity contribution in [3.8, 4) is 0 Å². The third-order valence-corrected chi connectivity index (χ3v) is 4.04. The van der Waals surface area contributed by atoms with Gasteiger partial charge in [0, 0.05) is 12.6 Å². The van der Waals surface area contributed by atoms with E-state index in [1.165, 1.54) is 17.5 Å². The number of Topliss-reactive ketones (excluding diaryl/α,β-unsaturated/α-hetero) is 1. The zero-order valence-corrected chi connectivity index (χ0v) is 11.7. The molecule has 1 aromatic carbocycles. The van der Waals surface area contributed by atoms with Crippen LogP contribution in [0.2, 0.25) is 0 Å². The molecule has 0 bridgehead atoms. The summed E-state index contributed by atoms with van der Waals surface area (Å²) in [7, 11) is 0. The van der Waals surface area contributed by atoms with Gasteiger partial charge in [-0.15, -0.1) is 0 Å². The minimum atomic E-state index is 0.132. The smallest absolute Gasteiger partial charge is 0.252 e. The summed E-state index contributed by atoms with van der Waals surface area (Å²) in [5.74, 6) is 0.877. The van der Waals surface area contributed by atoms with Crippen LogP contribution in [0.4, 0.5) is 0 Å². The van der Waals surface area contributed by atoms with Crippen molar-refractivity contribution in [1.82, 2.24) is 19.6 Å². The van der Waals surface area contributed by atoms with Crippen LogP contribution in [0, 0.1) is 6.92 Å². The number of fused-ring (bicyclic) bond motifs is 2. The summed E-state index contributed by atoms with van der Waals surface area (Å²) < 4.78 is 1.56. The molecule has 0 saturated heterocycles. The zero-order chi connectivity index (χ0) is 14.4. The van der Waals surface area contributed by atoms with E-state index in [1.54, 1.807) is 10.7 Å². The third kappa shape index (κ3) is 2.01. The second-order valence-corrected chi connectivity index (χ2v) is 5.55. The molecule has 21 heavy (non-hydrogen) atoms. The Morgan fingerprint density at radius 3 is 3.05 bits per heavy atom. The van der Waals surface area contributed by atoms with Gasteiger partial charge in [-0.2, -0.15) is 10.1 Å². The maximum absolute atomic E-state index is 12.4. The zero-order valence-electron chi connectivity index (χ0n) is 11.7. The van der Waals surface area contributed by atoms with Crippen LogP contribution < -0.4 is 0 Å². The molecule has 0 amide bonds. The maximum Gasteiger partial charge on any atom is 0.252 e. The number of benzene rings is 1. The van der Waals surface area contributed by atoms with Crippen molar-refractivity contribution < 1.29 is 4.79 Å². The first-order valence-electron chi connectivity index (χ1n) is 7.00. The molecule has 2 heterocycles. The van der Waals surface area contributed by atoms with Crippen molar-refractivity contribution in [3.63, 3.8) is 0 Å². The molecule has 0 unspecified atom stereocenters. The molecule has 0 radical (unpaired) electrons. The Balaban J connectivity index is 1.78. The summed E-state index contributed by atoms with van der Waals surface area (Å²) in [5.41, 5.74) is 3.93. The number of hydrogen-bond acceptors (Lipinski definition) is 4. The molecule has 4 rings (SSSR count). The molecule has 1 atom stereocenters. The third-order valence-electron chi connectivity index (χ3n) is 4.04. The fourth-order valence-corrected chi connectivity index (χ4v) is 2.98. The van der Waals surface area contributed by atoms with E-state index < -0.39 is 0 Å². The second-order valence-electron chi connectivity index (χ2n) is 5.55. The fourth-order valence-electron chi connectivity index (χ4n) is 2.98. The first-order chi connectivity index (χ1) is 10.2. The van der Waals surface area contributed by atoms with Gasteiger partial charge in [-0.05, 0) is 24.8 Å². The second kappa shape index (κ2) is 4.48. The number of carbonyl (C=O) groups is 1. The van der Waals surface area contributed by atoms with Gasteiger partial charge < -0.3 is 0 Å². The van der Waals surface area contributed by atoms with Crippen LogP contribution in [0.3, 0.4) is 0 Å². The summed E-state index contributed by atoms with van der Waals surface area (Å²) >= 11 is 0. The lowest BCUT2D eigenvalue weighted by Crippen LogP contribution is -2.21. The van der Waals surface area contributed by atoms with Gasteiger partial charge >= 0.3 is 0 Å². The van der Waals surface area contributed by atoms with Gasteiger partial charge in [-0.25, -0.2) is 9.50 Å². The van der Waals surface area contributed by atoms with Crippen LogP contribution in [0.25, 0.3) is 5.78 Å². The predicted molar refractivity (Wildman–Crippen MR) is 77.4 cm³/mol. The standard InChI is InChI=1S/C16H14N4O/c1-10-3-2-4-11(5-10)12-6-14-13(15(21)7-12)8-20-16(19-14)17-9-18-20/h2-5,8-9,12H,6-7H2,1H3/t12-/m1/s1. The first kappa shape index (κ1) is 12.2. The Hall–Kier alpha value is -2.56. The summed E-state index contributed by atoms with van der Waals surface area (Å²) in [6, 6.07) is 8.35. The highest BCUT2D eigenvalue weighted by Gasteiger charge is 2.28. The molecule has 5 heteroatoms. The number of nitrogens with zero attached hydrogens (tertiary/aromatic N) is 4. The Kier molecular flexibility index (Phi) is 2.60. The lowest BCUT2D eigenvalue weighted by atomic mass is 9.82. The number of aryl methyl sites for hydroxylation is 1. The minimum absolute atomic E-state index is 0.132. The van der Waals surface area contributed by atoms with E-state index in [-0.39, 0.29) is 11.7 Å². The van der Waals surface area contributed by atoms with Crippen LogP contribution in [-0.2, 0) is 6.42 Å². The highest BCUT2D eigenvalue weighted by molar-refractivity contribution is 5.98. The monoisotopic (exact) mass is 278 g/mol. The molecule has 0 saturated carbocycles. The topological polar surface area (TPSA) is 60.2 Å². The molecule has 5 nitrogen and oxygen atoms in total. The fraction of sp³-hybridized carbons (Fsp3) is 0.250. The van der Waals surface area contributed by atoms with Gasteiger partial charge in [0.05, 0.1) is 11.3 Å². The van der Waals surface area contributed by atoms with Crippen LogP contribution in [0.5, 0.6) is 0 Å². The van der Waals surface area contributed by atoms with Gasteiger partial charge in [0.15, 0.2) is 5.78 Å². The van der Waals surface area contributed by atoms with Gasteiger partial charge in [-0.1, -0.05) is 29.8 Å². The summed E-state index contributed by atoms with van der Waals surface area (Å²) in [6.07, 6.45) is 4.50. The highest BCUT2D eigenvalue weighted by Crippen LogP contribution is 2.32. The Bertz CT molecular complexity index is 852. The molecule has 0 N–H and O–H groups in total. The molecule has 1 aliphatic carbocycles. The number of ketones is 1. The Labute approximate surface area is 121 Å². The van der Waals surface area contributed by atoms with Crippen LogP contribution in [0.15, 0.2) is 36.8 Å². The number of aromatic nitrogens is 4. The van der Waals surface area contributed by atoms with E-state index >= 15 is 0 Å². The summed E-state index contributed by atoms with van der Waals surface area (Å²) in [5, 5.41) is 4.04. The highest BCUT2D eigenvalue weighted by atomic mass is 16.1. The average Bonchev–Trinajstić information content (AvgIpc) is 2.92. The molecule has 0 fully saturated rings. The van der Waals surface area contributed by atoms with Gasteiger partial charge in [0.1, 0.15) is 6.33 Å². The maximum atomic E-state index is 12.4. The molecule has 0 spiro atoms. The Morgan fingerprint density at radius 2 is 2.19 bits per heavy atom. The quantitative estimate of drug-likeness (QED) is 0.685. The largest absolute Gasteiger partial charge is 0.294 e. The normalized spacial score (nSPS) is 18.0. The molecular formula is C16H14N4O. The summed E-state index contributed by atoms with van der Waals surface area (Å²) in [6.45, 7) is 2.07. The number of rotatable bonds is 1. The minimum Gasteiger partial charge on any atom is -0.294 e. The van der Waals surface area contributed by atoms with E-state index in [0.717, 1.165) is 12.1 Å². The molecule has 104 valence electrons. The van der Waals surface area contributed by atoms with Crippen molar-refractivity contribution in [2.45, 2.75) is 25.7 Å². The van der Waals surface area contributed by atoms with Crippen molar-refractivity contribution in [2.75, 3.05) is 0 Å². The molecule has 3 aromatic rings. The Morgan fingerprint density at radius 1 is 1.29 bits per heavy atom. The van der Waals surface area contributed by atoms with Crippen molar-refractivity contribution in [2.24, 2.45) is 0 Å². The lowest BCUT2D eigenvalue weighted by Gasteiger charge is -2.23. The van der Waals surface area contributed by atoms with Crippen LogP contribution in [-0.4, -0.2) is 25.4 Å². The number of hydrogen-bond donors (Lipinski definition) is 0. The van der Waals surface area contributed by atoms with E-state index in [1.807, 2.05) is 6.07 Å². The average molecular weight is 278 g/mol. The molecule has 2 aromatic heterocycles. The van der Waals surface area contributed by atoms with Gasteiger partial charge in [0.25, 0.3) is 5.78 Å². The predicted octanol–water partition coefficient (Wildman–Crippen LogP) is 2.35. The number of carbonyl (C=O) groups excluding carboxylic acids is 1. The molecule has 0 aliphatic heterocycles. The van der Waals surface area contributed by atoms with Crippen LogP contribution in [0.1, 0.15) is 39.5 Å². The van der Waals surface area contributed by atoms with E-state index in [9.17, 15) is 4.79 Å². The van der Waals surface area contributed by atoms with Gasteiger partial charge in [-0.3, -0.25) is 4.79 Å². The van der Waals surface area contributed by atoms with E-state index in [4.69, 9.17) is 0 Å². The summed E-state index contributed by atoms with van der Waals surface area (Å²) in [4.78, 5) is 21.0. The van der Waals surface area contributed by atoms with Crippen LogP contribution >= 0.6 is 0 Å². The van der Waals surface area contributed by atoms with Crippen molar-refractivity contribution in [1.29, 1.82) is 0 Å². The van der Waals surface area contributed by atoms with Crippen molar-refractivity contribution in [3.05, 3.63) is 59.2 Å².